The van der Waals surface area contributed by atoms with Crippen LogP contribution >= 0.6 is 0 Å². The Morgan fingerprint density at radius 2 is 1.06 bits per heavy atom. The highest BCUT2D eigenvalue weighted by atomic mass is 15.0. The van der Waals surface area contributed by atoms with Gasteiger partial charge < -0.3 is 20.6 Å². The number of nitrogens with zero attached hydrogens (tertiary/aromatic N) is 2. The molecule has 0 spiro atoms. The number of benzene rings is 3. The molecular formula is C30H28N6. The SMILES string of the molecule is c1cc2[nH]c(-c3ccc(-c4cc5ccc(C6=NCCCN6)cc5[nH]4)cc3)cc2cc1C1=NCCCN1. The van der Waals surface area contributed by atoms with Gasteiger partial charge in [-0.25, -0.2) is 0 Å². The first-order chi connectivity index (χ1) is 17.8. The summed E-state index contributed by atoms with van der Waals surface area (Å²) >= 11 is 0. The van der Waals surface area contributed by atoms with Gasteiger partial charge in [0, 0.05) is 70.5 Å². The van der Waals surface area contributed by atoms with Crippen LogP contribution in [0.15, 0.2) is 82.8 Å². The lowest BCUT2D eigenvalue weighted by Gasteiger charge is -2.14. The summed E-state index contributed by atoms with van der Waals surface area (Å²) in [6.45, 7) is 3.77. The zero-order valence-electron chi connectivity index (χ0n) is 20.1. The molecule has 0 amide bonds. The zero-order valence-corrected chi connectivity index (χ0v) is 20.1. The Labute approximate surface area is 209 Å². The lowest BCUT2D eigenvalue weighted by atomic mass is 10.1. The highest BCUT2D eigenvalue weighted by Crippen LogP contribution is 2.29. The van der Waals surface area contributed by atoms with Crippen molar-refractivity contribution in [3.8, 4) is 22.5 Å². The monoisotopic (exact) mass is 472 g/mol. The Morgan fingerprint density at radius 3 is 1.69 bits per heavy atom. The van der Waals surface area contributed by atoms with Gasteiger partial charge >= 0.3 is 0 Å². The fraction of sp³-hybridized carbons (Fsp3) is 0.200. The van der Waals surface area contributed by atoms with E-state index >= 15 is 0 Å². The highest BCUT2D eigenvalue weighted by Gasteiger charge is 2.12. The number of amidine groups is 2. The average Bonchev–Trinajstić information content (AvgIpc) is 3.58. The van der Waals surface area contributed by atoms with E-state index in [0.29, 0.717) is 0 Å². The summed E-state index contributed by atoms with van der Waals surface area (Å²) in [5.41, 5.74) is 9.14. The van der Waals surface area contributed by atoms with E-state index in [0.717, 1.165) is 84.2 Å². The first-order valence-corrected chi connectivity index (χ1v) is 12.7. The van der Waals surface area contributed by atoms with Crippen molar-refractivity contribution in [2.75, 3.05) is 26.2 Å². The van der Waals surface area contributed by atoms with Crippen molar-refractivity contribution in [3.63, 3.8) is 0 Å². The molecule has 36 heavy (non-hydrogen) atoms. The largest absolute Gasteiger partial charge is 0.370 e. The Hall–Kier alpha value is -4.32. The maximum Gasteiger partial charge on any atom is 0.128 e. The molecule has 0 bridgehead atoms. The molecule has 178 valence electrons. The van der Waals surface area contributed by atoms with Crippen molar-refractivity contribution in [3.05, 3.63) is 83.9 Å². The molecule has 0 radical (unpaired) electrons. The van der Waals surface area contributed by atoms with Gasteiger partial charge in [-0.15, -0.1) is 0 Å². The molecule has 0 atom stereocenters. The van der Waals surface area contributed by atoms with E-state index in [4.69, 9.17) is 0 Å². The first-order valence-electron chi connectivity index (χ1n) is 12.7. The Morgan fingerprint density at radius 1 is 0.500 bits per heavy atom. The lowest BCUT2D eigenvalue weighted by molar-refractivity contribution is 0.742. The van der Waals surface area contributed by atoms with Gasteiger partial charge in [0.25, 0.3) is 0 Å². The molecule has 0 aliphatic carbocycles. The topological polar surface area (TPSA) is 80.4 Å². The molecule has 4 N–H and O–H groups in total. The molecule has 0 saturated heterocycles. The number of hydrogen-bond acceptors (Lipinski definition) is 4. The maximum absolute atomic E-state index is 4.64. The third-order valence-electron chi connectivity index (χ3n) is 7.09. The minimum absolute atomic E-state index is 0.896. The van der Waals surface area contributed by atoms with Crippen molar-refractivity contribution in [1.29, 1.82) is 0 Å². The number of nitrogens with one attached hydrogen (secondary N) is 4. The molecule has 2 aliphatic heterocycles. The quantitative estimate of drug-likeness (QED) is 0.280. The van der Waals surface area contributed by atoms with Crippen LogP contribution in [0.2, 0.25) is 0 Å². The van der Waals surface area contributed by atoms with E-state index in [1.54, 1.807) is 0 Å². The number of rotatable bonds is 4. The van der Waals surface area contributed by atoms with Gasteiger partial charge in [-0.05, 0) is 60.4 Å². The average molecular weight is 473 g/mol. The maximum atomic E-state index is 4.64. The van der Waals surface area contributed by atoms with Crippen molar-refractivity contribution in [2.24, 2.45) is 9.98 Å². The van der Waals surface area contributed by atoms with Crippen LogP contribution in [0.25, 0.3) is 44.3 Å². The summed E-state index contributed by atoms with van der Waals surface area (Å²) < 4.78 is 0. The van der Waals surface area contributed by atoms with E-state index < -0.39 is 0 Å². The summed E-state index contributed by atoms with van der Waals surface area (Å²) in [5, 5.41) is 9.24. The van der Waals surface area contributed by atoms with Crippen LogP contribution in [0.1, 0.15) is 24.0 Å². The second-order valence-electron chi connectivity index (χ2n) is 9.57. The van der Waals surface area contributed by atoms with Crippen LogP contribution in [0.5, 0.6) is 0 Å². The van der Waals surface area contributed by atoms with Crippen LogP contribution in [-0.2, 0) is 0 Å². The molecular weight excluding hydrogens is 444 g/mol. The van der Waals surface area contributed by atoms with Gasteiger partial charge in [0.2, 0.25) is 0 Å². The van der Waals surface area contributed by atoms with Gasteiger partial charge in [0.05, 0.1) is 0 Å². The Kier molecular flexibility index (Phi) is 5.09. The van der Waals surface area contributed by atoms with E-state index in [-0.39, 0.29) is 0 Å². The molecule has 6 heteroatoms. The van der Waals surface area contributed by atoms with Gasteiger partial charge in [-0.3, -0.25) is 9.98 Å². The molecule has 2 aliphatic rings. The predicted octanol–water partition coefficient (Wildman–Crippen LogP) is 5.46. The Balaban J connectivity index is 1.16. The van der Waals surface area contributed by atoms with E-state index in [2.05, 4.69) is 103 Å². The molecule has 2 aromatic heterocycles. The second-order valence-corrected chi connectivity index (χ2v) is 9.57. The van der Waals surface area contributed by atoms with Crippen LogP contribution in [0, 0.1) is 0 Å². The fourth-order valence-electron chi connectivity index (χ4n) is 5.15. The van der Waals surface area contributed by atoms with Crippen LogP contribution in [-0.4, -0.2) is 47.8 Å². The van der Waals surface area contributed by atoms with Crippen LogP contribution < -0.4 is 10.6 Å². The summed E-state index contributed by atoms with van der Waals surface area (Å²) in [5.74, 6) is 2.00. The van der Waals surface area contributed by atoms with Gasteiger partial charge in [-0.2, -0.15) is 0 Å². The molecule has 6 nitrogen and oxygen atoms in total. The molecule has 4 heterocycles. The normalized spacial score (nSPS) is 15.9. The number of aromatic nitrogens is 2. The minimum Gasteiger partial charge on any atom is -0.370 e. The lowest BCUT2D eigenvalue weighted by Crippen LogP contribution is -2.30. The van der Waals surface area contributed by atoms with E-state index in [9.17, 15) is 0 Å². The van der Waals surface area contributed by atoms with Crippen molar-refractivity contribution < 1.29 is 0 Å². The molecule has 5 aromatic rings. The van der Waals surface area contributed by atoms with Crippen molar-refractivity contribution in [1.82, 2.24) is 20.6 Å². The van der Waals surface area contributed by atoms with Gasteiger partial charge in [0.15, 0.2) is 0 Å². The fourth-order valence-corrected chi connectivity index (χ4v) is 5.15. The highest BCUT2D eigenvalue weighted by molar-refractivity contribution is 6.03. The van der Waals surface area contributed by atoms with Crippen LogP contribution in [0.4, 0.5) is 0 Å². The smallest absolute Gasteiger partial charge is 0.128 e. The summed E-state index contributed by atoms with van der Waals surface area (Å²) in [6, 6.07) is 26.2. The van der Waals surface area contributed by atoms with Gasteiger partial charge in [0.1, 0.15) is 11.7 Å². The van der Waals surface area contributed by atoms with Crippen molar-refractivity contribution >= 4 is 33.5 Å². The first kappa shape index (κ1) is 21.0. The molecule has 0 unspecified atom stereocenters. The van der Waals surface area contributed by atoms with E-state index in [1.807, 2.05) is 0 Å². The van der Waals surface area contributed by atoms with Crippen LogP contribution in [0.3, 0.4) is 0 Å². The minimum atomic E-state index is 0.896. The Bertz CT molecular complexity index is 1510. The molecule has 0 saturated carbocycles. The standard InChI is InChI=1S/C30H28N6/c1-11-31-29(32-12-1)22-9-10-25-24(15-22)18-27(35-25)20-5-3-19(4-6-20)26-16-21-7-8-23(17-28(21)36-26)30-33-13-2-14-34-30/h3-10,15-18,35-36H,1-2,11-14H2,(H,31,32)(H,33,34). The molecule has 3 aromatic carbocycles. The summed E-state index contributed by atoms with van der Waals surface area (Å²) in [7, 11) is 0. The molecule has 7 rings (SSSR count). The summed E-state index contributed by atoms with van der Waals surface area (Å²) in [6.07, 6.45) is 2.20. The third kappa shape index (κ3) is 3.85. The summed E-state index contributed by atoms with van der Waals surface area (Å²) in [4.78, 5) is 16.4. The van der Waals surface area contributed by atoms with E-state index in [1.165, 1.54) is 21.9 Å². The second kappa shape index (κ2) is 8.72. The third-order valence-corrected chi connectivity index (χ3v) is 7.09. The number of H-pyrrole nitrogens is 2. The number of hydrogen-bond donors (Lipinski definition) is 4. The van der Waals surface area contributed by atoms with Crippen molar-refractivity contribution in [2.45, 2.75) is 12.8 Å². The number of aromatic amines is 2. The molecule has 0 fully saturated rings. The number of aliphatic imine (C=N–C) groups is 2. The predicted molar refractivity (Wildman–Crippen MR) is 149 cm³/mol. The zero-order chi connectivity index (χ0) is 23.9. The van der Waals surface area contributed by atoms with Gasteiger partial charge in [-0.1, -0.05) is 36.4 Å². The number of fused-ring (bicyclic) bond motifs is 2.